The highest BCUT2D eigenvalue weighted by Gasteiger charge is 2.24. The maximum absolute atomic E-state index is 5.56. The first-order chi connectivity index (χ1) is 10.6. The van der Waals surface area contributed by atoms with Crippen molar-refractivity contribution in [2.75, 3.05) is 32.8 Å². The minimum absolute atomic E-state index is 0. The fourth-order valence-corrected chi connectivity index (χ4v) is 3.48. The summed E-state index contributed by atoms with van der Waals surface area (Å²) >= 11 is 1.74. The molecule has 5 nitrogen and oxygen atoms in total. The zero-order chi connectivity index (χ0) is 15.9. The van der Waals surface area contributed by atoms with Gasteiger partial charge in [-0.05, 0) is 34.1 Å². The van der Waals surface area contributed by atoms with Gasteiger partial charge in [0.15, 0.2) is 5.96 Å². The summed E-state index contributed by atoms with van der Waals surface area (Å²) in [4.78, 5) is 13.0. The van der Waals surface area contributed by atoms with Crippen molar-refractivity contribution in [2.24, 2.45) is 10.9 Å². The molecule has 0 radical (unpaired) electrons. The van der Waals surface area contributed by atoms with Gasteiger partial charge in [-0.1, -0.05) is 0 Å². The van der Waals surface area contributed by atoms with Crippen molar-refractivity contribution >= 4 is 41.3 Å². The van der Waals surface area contributed by atoms with Crippen LogP contribution in [0.3, 0.4) is 0 Å². The molecule has 1 N–H and O–H groups in total. The van der Waals surface area contributed by atoms with Crippen LogP contribution < -0.4 is 5.32 Å². The number of hydrogen-bond acceptors (Lipinski definition) is 4. The SMILES string of the molecule is CCNC(=NCc1nc(C)c(C)s1)N1CCC(COCC)C1.I. The second-order valence-corrected chi connectivity index (χ2v) is 6.97. The summed E-state index contributed by atoms with van der Waals surface area (Å²) < 4.78 is 5.56. The van der Waals surface area contributed by atoms with Crippen molar-refractivity contribution < 1.29 is 4.74 Å². The number of hydrogen-bond donors (Lipinski definition) is 1. The molecule has 0 bridgehead atoms. The highest BCUT2D eigenvalue weighted by molar-refractivity contribution is 14.0. The minimum Gasteiger partial charge on any atom is -0.381 e. The van der Waals surface area contributed by atoms with Crippen LogP contribution in [0, 0.1) is 19.8 Å². The third-order valence-corrected chi connectivity index (χ3v) is 4.97. The fourth-order valence-electron chi connectivity index (χ4n) is 2.62. The lowest BCUT2D eigenvalue weighted by molar-refractivity contribution is 0.114. The van der Waals surface area contributed by atoms with Crippen molar-refractivity contribution in [3.05, 3.63) is 15.6 Å². The van der Waals surface area contributed by atoms with Crippen LogP contribution in [0.5, 0.6) is 0 Å². The second-order valence-electron chi connectivity index (χ2n) is 5.68. The third kappa shape index (κ3) is 6.19. The van der Waals surface area contributed by atoms with Crippen LogP contribution in [-0.2, 0) is 11.3 Å². The van der Waals surface area contributed by atoms with Gasteiger partial charge in [0, 0.05) is 37.0 Å². The molecule has 1 aliphatic rings. The molecule has 0 amide bonds. The average Bonchev–Trinajstić information content (AvgIpc) is 3.09. The second kappa shape index (κ2) is 10.5. The molecule has 23 heavy (non-hydrogen) atoms. The molecule has 0 saturated carbocycles. The molecule has 1 aromatic rings. The Bertz CT molecular complexity index is 487. The largest absolute Gasteiger partial charge is 0.381 e. The Morgan fingerprint density at radius 3 is 2.83 bits per heavy atom. The van der Waals surface area contributed by atoms with Crippen LogP contribution in [0.15, 0.2) is 4.99 Å². The molecule has 1 saturated heterocycles. The van der Waals surface area contributed by atoms with E-state index in [1.165, 1.54) is 11.3 Å². The Morgan fingerprint density at radius 1 is 1.43 bits per heavy atom. The van der Waals surface area contributed by atoms with Gasteiger partial charge in [0.2, 0.25) is 0 Å². The van der Waals surface area contributed by atoms with Gasteiger partial charge >= 0.3 is 0 Å². The van der Waals surface area contributed by atoms with E-state index in [1.807, 2.05) is 0 Å². The van der Waals surface area contributed by atoms with E-state index >= 15 is 0 Å². The summed E-state index contributed by atoms with van der Waals surface area (Å²) in [5.41, 5.74) is 1.12. The molecule has 0 aliphatic carbocycles. The van der Waals surface area contributed by atoms with Gasteiger partial charge < -0.3 is 15.0 Å². The summed E-state index contributed by atoms with van der Waals surface area (Å²) in [7, 11) is 0. The van der Waals surface area contributed by atoms with E-state index in [4.69, 9.17) is 9.73 Å². The third-order valence-electron chi connectivity index (χ3n) is 3.91. The van der Waals surface area contributed by atoms with E-state index in [-0.39, 0.29) is 24.0 Å². The van der Waals surface area contributed by atoms with E-state index in [0.29, 0.717) is 12.5 Å². The molecule has 0 aromatic carbocycles. The Balaban J connectivity index is 0.00000264. The topological polar surface area (TPSA) is 49.8 Å². The molecule has 0 spiro atoms. The predicted octanol–water partition coefficient (Wildman–Crippen LogP) is 3.20. The van der Waals surface area contributed by atoms with E-state index in [9.17, 15) is 0 Å². The number of likely N-dealkylation sites (tertiary alicyclic amines) is 1. The number of aliphatic imine (C=N–C) groups is 1. The fraction of sp³-hybridized carbons (Fsp3) is 0.750. The number of ether oxygens (including phenoxy) is 1. The highest BCUT2D eigenvalue weighted by Crippen LogP contribution is 2.19. The van der Waals surface area contributed by atoms with Gasteiger partial charge in [0.05, 0.1) is 18.8 Å². The zero-order valence-corrected chi connectivity index (χ0v) is 17.7. The molecular weight excluding hydrogens is 423 g/mol. The molecule has 132 valence electrons. The summed E-state index contributed by atoms with van der Waals surface area (Å²) in [6.45, 7) is 13.6. The van der Waals surface area contributed by atoms with Gasteiger partial charge in [-0.3, -0.25) is 0 Å². The standard InChI is InChI=1S/C16H28N4OS.HI/c1-5-17-16(18-9-15-19-12(3)13(4)22-15)20-8-7-14(10-20)11-21-6-2;/h14H,5-11H2,1-4H3,(H,17,18);1H. The quantitative estimate of drug-likeness (QED) is 0.409. The Hall–Kier alpha value is -0.410. The number of thiazole rings is 1. The number of nitrogens with one attached hydrogen (secondary N) is 1. The van der Waals surface area contributed by atoms with E-state index in [0.717, 1.165) is 49.5 Å². The smallest absolute Gasteiger partial charge is 0.194 e. The Morgan fingerprint density at radius 2 is 2.22 bits per heavy atom. The highest BCUT2D eigenvalue weighted by atomic mass is 127. The maximum Gasteiger partial charge on any atom is 0.194 e. The number of aryl methyl sites for hydroxylation is 2. The molecule has 1 atom stereocenters. The predicted molar refractivity (Wildman–Crippen MR) is 108 cm³/mol. The van der Waals surface area contributed by atoms with Crippen LogP contribution in [0.2, 0.25) is 0 Å². The van der Waals surface area contributed by atoms with E-state index in [1.54, 1.807) is 11.3 Å². The molecule has 1 unspecified atom stereocenters. The van der Waals surface area contributed by atoms with Crippen LogP contribution in [0.25, 0.3) is 0 Å². The number of halogens is 1. The van der Waals surface area contributed by atoms with Crippen molar-refractivity contribution in [2.45, 2.75) is 40.7 Å². The number of nitrogens with zero attached hydrogens (tertiary/aromatic N) is 3. The number of rotatable bonds is 6. The van der Waals surface area contributed by atoms with Crippen molar-refractivity contribution in [3.63, 3.8) is 0 Å². The lowest BCUT2D eigenvalue weighted by Gasteiger charge is -2.21. The summed E-state index contributed by atoms with van der Waals surface area (Å²) in [6.07, 6.45) is 1.18. The van der Waals surface area contributed by atoms with Crippen LogP contribution >= 0.6 is 35.3 Å². The first-order valence-electron chi connectivity index (χ1n) is 8.17. The Kier molecular flexibility index (Phi) is 9.38. The lowest BCUT2D eigenvalue weighted by Crippen LogP contribution is -2.40. The molecule has 2 heterocycles. The summed E-state index contributed by atoms with van der Waals surface area (Å²) in [6, 6.07) is 0. The monoisotopic (exact) mass is 452 g/mol. The molecule has 2 rings (SSSR count). The van der Waals surface area contributed by atoms with Crippen LogP contribution in [-0.4, -0.2) is 48.7 Å². The minimum atomic E-state index is 0. The maximum atomic E-state index is 5.56. The van der Waals surface area contributed by atoms with Gasteiger partial charge in [-0.25, -0.2) is 9.98 Å². The summed E-state index contributed by atoms with van der Waals surface area (Å²) in [5.74, 6) is 1.63. The Labute approximate surface area is 160 Å². The molecule has 1 aliphatic heterocycles. The van der Waals surface area contributed by atoms with Gasteiger partial charge in [-0.2, -0.15) is 0 Å². The molecule has 1 fully saturated rings. The van der Waals surface area contributed by atoms with Crippen LogP contribution in [0.1, 0.15) is 35.8 Å². The summed E-state index contributed by atoms with van der Waals surface area (Å²) in [5, 5.41) is 4.50. The molecule has 1 aromatic heterocycles. The van der Waals surface area contributed by atoms with Gasteiger partial charge in [-0.15, -0.1) is 35.3 Å². The van der Waals surface area contributed by atoms with E-state index in [2.05, 4.69) is 42.9 Å². The molecular formula is C16H29IN4OS. The zero-order valence-electron chi connectivity index (χ0n) is 14.6. The van der Waals surface area contributed by atoms with Crippen molar-refractivity contribution in [1.82, 2.24) is 15.2 Å². The first kappa shape index (κ1) is 20.6. The van der Waals surface area contributed by atoms with Crippen LogP contribution in [0.4, 0.5) is 0 Å². The normalized spacial score (nSPS) is 18.2. The number of guanidine groups is 1. The van der Waals surface area contributed by atoms with E-state index < -0.39 is 0 Å². The average molecular weight is 452 g/mol. The van der Waals surface area contributed by atoms with Gasteiger partial charge in [0.25, 0.3) is 0 Å². The lowest BCUT2D eigenvalue weighted by atomic mass is 10.1. The molecule has 7 heteroatoms. The first-order valence-corrected chi connectivity index (χ1v) is 8.99. The van der Waals surface area contributed by atoms with Gasteiger partial charge in [0.1, 0.15) is 5.01 Å². The van der Waals surface area contributed by atoms with Crippen molar-refractivity contribution in [3.8, 4) is 0 Å². The van der Waals surface area contributed by atoms with Crippen molar-refractivity contribution in [1.29, 1.82) is 0 Å². The number of aromatic nitrogens is 1.